The number of aromatic nitrogens is 1. The number of halogens is 3. The second kappa shape index (κ2) is 5.40. The number of nitrogens with zero attached hydrogens (tertiary/aromatic N) is 1. The maximum absolute atomic E-state index is 12.0. The summed E-state index contributed by atoms with van der Waals surface area (Å²) in [5, 5.41) is 0. The van der Waals surface area contributed by atoms with Crippen molar-refractivity contribution in [3.63, 3.8) is 0 Å². The Labute approximate surface area is 113 Å². The van der Waals surface area contributed by atoms with Gasteiger partial charge in [-0.15, -0.1) is 13.2 Å². The Morgan fingerprint density at radius 3 is 2.40 bits per heavy atom. The fraction of sp³-hybridized carbons (Fsp3) is 0.214. The van der Waals surface area contributed by atoms with Crippen molar-refractivity contribution in [2.45, 2.75) is 19.8 Å². The normalized spacial score (nSPS) is 11.4. The molecule has 2 rings (SSSR count). The number of hydrogen-bond donors (Lipinski definition) is 0. The molecule has 0 fully saturated rings. The van der Waals surface area contributed by atoms with Crippen molar-refractivity contribution in [1.29, 1.82) is 0 Å². The van der Waals surface area contributed by atoms with E-state index >= 15 is 0 Å². The highest BCUT2D eigenvalue weighted by molar-refractivity contribution is 5.27. The second-order valence-electron chi connectivity index (χ2n) is 4.32. The first kappa shape index (κ1) is 14.2. The van der Waals surface area contributed by atoms with Gasteiger partial charge in [0.05, 0.1) is 6.54 Å². The summed E-state index contributed by atoms with van der Waals surface area (Å²) in [5.74, 6) is -0.280. The molecule has 0 saturated carbocycles. The lowest BCUT2D eigenvalue weighted by molar-refractivity contribution is -0.274. The van der Waals surface area contributed by atoms with Gasteiger partial charge in [-0.05, 0) is 30.7 Å². The van der Waals surface area contributed by atoms with Crippen LogP contribution in [0.4, 0.5) is 13.2 Å². The summed E-state index contributed by atoms with van der Waals surface area (Å²) in [5.41, 5.74) is 1.21. The Balaban J connectivity index is 2.15. The average Bonchev–Trinajstić information content (AvgIpc) is 2.35. The van der Waals surface area contributed by atoms with E-state index in [9.17, 15) is 18.0 Å². The predicted molar refractivity (Wildman–Crippen MR) is 67.7 cm³/mol. The van der Waals surface area contributed by atoms with E-state index in [2.05, 4.69) is 4.74 Å². The van der Waals surface area contributed by atoms with Crippen molar-refractivity contribution in [3.05, 3.63) is 64.1 Å². The molecular weight excluding hydrogens is 271 g/mol. The Morgan fingerprint density at radius 1 is 1.15 bits per heavy atom. The molecule has 2 aromatic rings. The van der Waals surface area contributed by atoms with E-state index in [1.54, 1.807) is 25.3 Å². The topological polar surface area (TPSA) is 31.2 Å². The number of rotatable bonds is 3. The molecule has 0 N–H and O–H groups in total. The van der Waals surface area contributed by atoms with Crippen LogP contribution in [-0.4, -0.2) is 10.9 Å². The van der Waals surface area contributed by atoms with Crippen LogP contribution >= 0.6 is 0 Å². The maximum atomic E-state index is 12.0. The first-order valence-electron chi connectivity index (χ1n) is 5.86. The minimum Gasteiger partial charge on any atom is -0.406 e. The van der Waals surface area contributed by atoms with Crippen LogP contribution in [0.15, 0.2) is 47.4 Å². The number of hydrogen-bond acceptors (Lipinski definition) is 2. The summed E-state index contributed by atoms with van der Waals surface area (Å²) in [6.07, 6.45) is -3.07. The molecular formula is C14H12F3NO2. The molecule has 0 aliphatic rings. The van der Waals surface area contributed by atoms with Gasteiger partial charge in [0.25, 0.3) is 5.56 Å². The summed E-state index contributed by atoms with van der Waals surface area (Å²) in [7, 11) is 0. The third-order valence-corrected chi connectivity index (χ3v) is 2.72. The lowest BCUT2D eigenvalue weighted by Gasteiger charge is -2.10. The van der Waals surface area contributed by atoms with E-state index in [0.29, 0.717) is 17.7 Å². The predicted octanol–water partition coefficient (Wildman–Crippen LogP) is 3.10. The molecule has 1 aromatic carbocycles. The van der Waals surface area contributed by atoms with Gasteiger partial charge in [0.2, 0.25) is 0 Å². The van der Waals surface area contributed by atoms with E-state index in [-0.39, 0.29) is 11.3 Å². The number of aryl methyl sites for hydroxylation is 1. The smallest absolute Gasteiger partial charge is 0.406 e. The summed E-state index contributed by atoms with van der Waals surface area (Å²) in [6, 6.07) is 8.90. The van der Waals surface area contributed by atoms with Gasteiger partial charge in [0.1, 0.15) is 5.75 Å². The van der Waals surface area contributed by atoms with Gasteiger partial charge in [-0.2, -0.15) is 0 Å². The van der Waals surface area contributed by atoms with Crippen LogP contribution in [0.25, 0.3) is 0 Å². The van der Waals surface area contributed by atoms with Gasteiger partial charge in [0.15, 0.2) is 0 Å². The fourth-order valence-corrected chi connectivity index (χ4v) is 1.77. The zero-order valence-electron chi connectivity index (χ0n) is 10.6. The van der Waals surface area contributed by atoms with Crippen LogP contribution in [-0.2, 0) is 6.54 Å². The average molecular weight is 283 g/mol. The number of alkyl halides is 3. The monoisotopic (exact) mass is 283 g/mol. The van der Waals surface area contributed by atoms with Gasteiger partial charge < -0.3 is 9.30 Å². The molecule has 6 heteroatoms. The SMILES string of the molecule is Cc1cccn(Cc2ccc(OC(F)(F)F)cc2)c1=O. The van der Waals surface area contributed by atoms with Crippen molar-refractivity contribution in [2.75, 3.05) is 0 Å². The highest BCUT2D eigenvalue weighted by atomic mass is 19.4. The molecule has 1 heterocycles. The molecule has 106 valence electrons. The zero-order valence-corrected chi connectivity index (χ0v) is 10.6. The molecule has 1 aromatic heterocycles. The quantitative estimate of drug-likeness (QED) is 0.866. The van der Waals surface area contributed by atoms with Crippen molar-refractivity contribution in [1.82, 2.24) is 4.57 Å². The van der Waals surface area contributed by atoms with Crippen molar-refractivity contribution in [3.8, 4) is 5.75 Å². The van der Waals surface area contributed by atoms with Crippen LogP contribution in [0, 0.1) is 6.92 Å². The summed E-state index contributed by atoms with van der Waals surface area (Å²) < 4.78 is 41.3. The molecule has 0 amide bonds. The van der Waals surface area contributed by atoms with Crippen LogP contribution < -0.4 is 10.3 Å². The highest BCUT2D eigenvalue weighted by Gasteiger charge is 2.30. The Hall–Kier alpha value is -2.24. The molecule has 0 atom stereocenters. The van der Waals surface area contributed by atoms with E-state index in [1.165, 1.54) is 28.8 Å². The molecule has 0 saturated heterocycles. The van der Waals surface area contributed by atoms with Crippen LogP contribution in [0.3, 0.4) is 0 Å². The minimum absolute atomic E-state index is 0.122. The van der Waals surface area contributed by atoms with Crippen molar-refractivity contribution in [2.24, 2.45) is 0 Å². The van der Waals surface area contributed by atoms with E-state index in [4.69, 9.17) is 0 Å². The third kappa shape index (κ3) is 3.63. The van der Waals surface area contributed by atoms with E-state index in [0.717, 1.165) is 0 Å². The van der Waals surface area contributed by atoms with E-state index < -0.39 is 6.36 Å². The summed E-state index contributed by atoms with van der Waals surface area (Å²) in [4.78, 5) is 11.8. The second-order valence-corrected chi connectivity index (χ2v) is 4.32. The maximum Gasteiger partial charge on any atom is 0.573 e. The standard InChI is InChI=1S/C14H12F3NO2/c1-10-3-2-8-18(13(10)19)9-11-4-6-12(7-5-11)20-14(15,16)17/h2-8H,9H2,1H3. The molecule has 0 spiro atoms. The number of ether oxygens (including phenoxy) is 1. The van der Waals surface area contributed by atoms with Crippen molar-refractivity contribution >= 4 is 0 Å². The summed E-state index contributed by atoms with van der Waals surface area (Å²) >= 11 is 0. The van der Waals surface area contributed by atoms with E-state index in [1.807, 2.05) is 0 Å². The number of pyridine rings is 1. The van der Waals surface area contributed by atoms with Gasteiger partial charge in [-0.25, -0.2) is 0 Å². The van der Waals surface area contributed by atoms with Crippen LogP contribution in [0.1, 0.15) is 11.1 Å². The van der Waals surface area contributed by atoms with Gasteiger partial charge in [-0.1, -0.05) is 18.2 Å². The molecule has 3 nitrogen and oxygen atoms in total. The summed E-state index contributed by atoms with van der Waals surface area (Å²) in [6.45, 7) is 2.01. The molecule has 0 unspecified atom stereocenters. The highest BCUT2D eigenvalue weighted by Crippen LogP contribution is 2.22. The fourth-order valence-electron chi connectivity index (χ4n) is 1.77. The Bertz CT molecular complexity index is 645. The van der Waals surface area contributed by atoms with Crippen molar-refractivity contribution < 1.29 is 17.9 Å². The molecule has 20 heavy (non-hydrogen) atoms. The molecule has 0 aliphatic heterocycles. The lowest BCUT2D eigenvalue weighted by Crippen LogP contribution is -2.21. The third-order valence-electron chi connectivity index (χ3n) is 2.72. The van der Waals surface area contributed by atoms with Gasteiger partial charge >= 0.3 is 6.36 Å². The van der Waals surface area contributed by atoms with Gasteiger partial charge in [0, 0.05) is 11.8 Å². The minimum atomic E-state index is -4.70. The van der Waals surface area contributed by atoms with Crippen LogP contribution in [0.2, 0.25) is 0 Å². The largest absolute Gasteiger partial charge is 0.573 e. The molecule has 0 radical (unpaired) electrons. The first-order chi connectivity index (χ1) is 9.35. The van der Waals surface area contributed by atoms with Crippen LogP contribution in [0.5, 0.6) is 5.75 Å². The van der Waals surface area contributed by atoms with Gasteiger partial charge in [-0.3, -0.25) is 4.79 Å². The lowest BCUT2D eigenvalue weighted by atomic mass is 10.2. The zero-order chi connectivity index (χ0) is 14.8. The number of benzene rings is 1. The Kier molecular flexibility index (Phi) is 3.83. The first-order valence-corrected chi connectivity index (χ1v) is 5.86. The molecule has 0 bridgehead atoms. The molecule has 0 aliphatic carbocycles. The Morgan fingerprint density at radius 2 is 1.80 bits per heavy atom.